The number of alkyl halides is 1. The first-order valence-corrected chi connectivity index (χ1v) is 6.15. The van der Waals surface area contributed by atoms with Crippen molar-refractivity contribution < 1.29 is 4.79 Å². The number of nitrogens with zero attached hydrogens (tertiary/aromatic N) is 1. The van der Waals surface area contributed by atoms with Gasteiger partial charge in [-0.15, -0.1) is 6.42 Å². The largest absolute Gasteiger partial charge is 0.332 e. The monoisotopic (exact) mass is 259 g/mol. The van der Waals surface area contributed by atoms with E-state index in [0.29, 0.717) is 13.0 Å². The molecule has 14 heavy (non-hydrogen) atoms. The normalized spacial score (nSPS) is 9.50. The van der Waals surface area contributed by atoms with Crippen molar-refractivity contribution in [2.75, 3.05) is 18.4 Å². The highest BCUT2D eigenvalue weighted by Crippen LogP contribution is 2.03. The van der Waals surface area contributed by atoms with Crippen LogP contribution >= 0.6 is 15.9 Å². The number of hydrogen-bond acceptors (Lipinski definition) is 1. The summed E-state index contributed by atoms with van der Waals surface area (Å²) in [7, 11) is 0. The number of hydrogen-bond donors (Lipinski definition) is 0. The molecule has 0 aliphatic heterocycles. The van der Waals surface area contributed by atoms with Crippen molar-refractivity contribution in [2.45, 2.75) is 32.6 Å². The van der Waals surface area contributed by atoms with Crippen LogP contribution in [-0.4, -0.2) is 29.2 Å². The van der Waals surface area contributed by atoms with Crippen LogP contribution in [0, 0.1) is 12.3 Å². The van der Waals surface area contributed by atoms with Crippen molar-refractivity contribution >= 4 is 21.8 Å². The molecule has 0 rings (SSSR count). The number of amides is 1. The fourth-order valence-electron chi connectivity index (χ4n) is 1.20. The van der Waals surface area contributed by atoms with Gasteiger partial charge in [-0.2, -0.15) is 0 Å². The summed E-state index contributed by atoms with van der Waals surface area (Å²) in [5, 5.41) is 0.962. The van der Waals surface area contributed by atoms with Crippen LogP contribution in [0.25, 0.3) is 0 Å². The predicted octanol–water partition coefficient (Wildman–Crippen LogP) is 2.42. The van der Waals surface area contributed by atoms with Crippen LogP contribution in [0.5, 0.6) is 0 Å². The Morgan fingerprint density at radius 2 is 2.21 bits per heavy atom. The van der Waals surface area contributed by atoms with E-state index in [1.165, 1.54) is 0 Å². The third-order valence-electron chi connectivity index (χ3n) is 1.90. The van der Waals surface area contributed by atoms with Crippen molar-refractivity contribution in [3.05, 3.63) is 0 Å². The van der Waals surface area contributed by atoms with Crippen LogP contribution in [-0.2, 0) is 4.79 Å². The summed E-state index contributed by atoms with van der Waals surface area (Å²) >= 11 is 3.34. The number of carbonyl (C=O) groups excluding carboxylic acids is 1. The SMILES string of the molecule is C#CCN(CCC)C(=O)CCCCBr. The van der Waals surface area contributed by atoms with Crippen LogP contribution in [0.4, 0.5) is 0 Å². The highest BCUT2D eigenvalue weighted by atomic mass is 79.9. The van der Waals surface area contributed by atoms with Gasteiger partial charge in [0.2, 0.25) is 5.91 Å². The first-order chi connectivity index (χ1) is 6.76. The molecule has 0 saturated carbocycles. The van der Waals surface area contributed by atoms with E-state index in [0.717, 1.165) is 31.1 Å². The molecule has 0 unspecified atom stereocenters. The highest BCUT2D eigenvalue weighted by Gasteiger charge is 2.09. The van der Waals surface area contributed by atoms with E-state index < -0.39 is 0 Å². The van der Waals surface area contributed by atoms with Gasteiger partial charge in [0, 0.05) is 18.3 Å². The van der Waals surface area contributed by atoms with Crippen molar-refractivity contribution in [1.82, 2.24) is 4.90 Å². The molecular formula is C11H18BrNO. The Labute approximate surface area is 95.2 Å². The molecule has 0 fully saturated rings. The number of unbranched alkanes of at least 4 members (excludes halogenated alkanes) is 1. The molecule has 0 bridgehead atoms. The lowest BCUT2D eigenvalue weighted by Gasteiger charge is -2.19. The Hall–Kier alpha value is -0.490. The second-order valence-corrected chi connectivity index (χ2v) is 3.96. The second kappa shape index (κ2) is 9.08. The summed E-state index contributed by atoms with van der Waals surface area (Å²) in [4.78, 5) is 13.4. The van der Waals surface area contributed by atoms with Crippen molar-refractivity contribution in [2.24, 2.45) is 0 Å². The standard InChI is InChI=1S/C11H18BrNO/c1-3-9-13(10-4-2)11(14)7-5-6-8-12/h1H,4-10H2,2H3. The summed E-state index contributed by atoms with van der Waals surface area (Å²) in [6.07, 6.45) is 8.77. The van der Waals surface area contributed by atoms with Crippen molar-refractivity contribution in [3.8, 4) is 12.3 Å². The van der Waals surface area contributed by atoms with Gasteiger partial charge in [-0.05, 0) is 19.3 Å². The molecule has 0 aromatic carbocycles. The van der Waals surface area contributed by atoms with Gasteiger partial charge in [-0.3, -0.25) is 4.79 Å². The molecule has 0 N–H and O–H groups in total. The van der Waals surface area contributed by atoms with E-state index >= 15 is 0 Å². The van der Waals surface area contributed by atoms with Crippen molar-refractivity contribution in [1.29, 1.82) is 0 Å². The van der Waals surface area contributed by atoms with E-state index in [-0.39, 0.29) is 5.91 Å². The summed E-state index contributed by atoms with van der Waals surface area (Å²) in [5.41, 5.74) is 0. The molecule has 0 aromatic rings. The van der Waals surface area contributed by atoms with E-state index in [1.54, 1.807) is 4.90 Å². The third-order valence-corrected chi connectivity index (χ3v) is 2.46. The van der Waals surface area contributed by atoms with Gasteiger partial charge in [0.15, 0.2) is 0 Å². The Morgan fingerprint density at radius 1 is 1.50 bits per heavy atom. The predicted molar refractivity (Wildman–Crippen MR) is 63.3 cm³/mol. The van der Waals surface area contributed by atoms with E-state index in [4.69, 9.17) is 6.42 Å². The van der Waals surface area contributed by atoms with E-state index in [1.807, 2.05) is 0 Å². The Bertz CT molecular complexity index is 198. The zero-order valence-corrected chi connectivity index (χ0v) is 10.3. The average Bonchev–Trinajstić information content (AvgIpc) is 2.18. The molecule has 2 nitrogen and oxygen atoms in total. The molecule has 1 amide bonds. The molecule has 0 aliphatic rings. The van der Waals surface area contributed by atoms with Gasteiger partial charge in [0.25, 0.3) is 0 Å². The molecule has 3 heteroatoms. The topological polar surface area (TPSA) is 20.3 Å². The maximum absolute atomic E-state index is 11.6. The lowest BCUT2D eigenvalue weighted by atomic mass is 10.2. The Morgan fingerprint density at radius 3 is 2.71 bits per heavy atom. The molecular weight excluding hydrogens is 242 g/mol. The smallest absolute Gasteiger partial charge is 0.223 e. The number of halogens is 1. The molecule has 0 atom stereocenters. The molecule has 0 aliphatic carbocycles. The summed E-state index contributed by atoms with van der Waals surface area (Å²) in [5.74, 6) is 2.71. The lowest BCUT2D eigenvalue weighted by Crippen LogP contribution is -2.31. The minimum absolute atomic E-state index is 0.186. The average molecular weight is 260 g/mol. The molecule has 0 saturated heterocycles. The fraction of sp³-hybridized carbons (Fsp3) is 0.727. The van der Waals surface area contributed by atoms with Gasteiger partial charge in [-0.1, -0.05) is 28.8 Å². The summed E-state index contributed by atoms with van der Waals surface area (Å²) in [6.45, 7) is 3.27. The minimum atomic E-state index is 0.186. The van der Waals surface area contributed by atoms with Crippen LogP contribution in [0.15, 0.2) is 0 Å². The maximum Gasteiger partial charge on any atom is 0.223 e. The molecule has 0 radical (unpaired) electrons. The minimum Gasteiger partial charge on any atom is -0.332 e. The zero-order chi connectivity index (χ0) is 10.8. The van der Waals surface area contributed by atoms with Gasteiger partial charge in [0.05, 0.1) is 6.54 Å². The van der Waals surface area contributed by atoms with Crippen LogP contribution in [0.1, 0.15) is 32.6 Å². The zero-order valence-electron chi connectivity index (χ0n) is 8.76. The van der Waals surface area contributed by atoms with E-state index in [9.17, 15) is 4.79 Å². The molecule has 0 spiro atoms. The summed E-state index contributed by atoms with van der Waals surface area (Å²) < 4.78 is 0. The van der Waals surface area contributed by atoms with Crippen LogP contribution in [0.3, 0.4) is 0 Å². The number of terminal acetylenes is 1. The second-order valence-electron chi connectivity index (χ2n) is 3.17. The van der Waals surface area contributed by atoms with E-state index in [2.05, 4.69) is 28.8 Å². The summed E-state index contributed by atoms with van der Waals surface area (Å²) in [6, 6.07) is 0. The molecule has 0 aromatic heterocycles. The van der Waals surface area contributed by atoms with Gasteiger partial charge < -0.3 is 4.90 Å². The van der Waals surface area contributed by atoms with Crippen molar-refractivity contribution in [3.63, 3.8) is 0 Å². The van der Waals surface area contributed by atoms with Crippen LogP contribution in [0.2, 0.25) is 0 Å². The first kappa shape index (κ1) is 13.5. The van der Waals surface area contributed by atoms with Gasteiger partial charge in [0.1, 0.15) is 0 Å². The number of carbonyl (C=O) groups is 1. The van der Waals surface area contributed by atoms with Gasteiger partial charge >= 0.3 is 0 Å². The first-order valence-electron chi connectivity index (χ1n) is 5.03. The maximum atomic E-state index is 11.6. The van der Waals surface area contributed by atoms with Gasteiger partial charge in [-0.25, -0.2) is 0 Å². The fourth-order valence-corrected chi connectivity index (χ4v) is 1.60. The highest BCUT2D eigenvalue weighted by molar-refractivity contribution is 9.09. The number of rotatable bonds is 7. The lowest BCUT2D eigenvalue weighted by molar-refractivity contribution is -0.130. The Kier molecular flexibility index (Phi) is 8.76. The third kappa shape index (κ3) is 6.04. The quantitative estimate of drug-likeness (QED) is 0.391. The molecule has 80 valence electrons. The van der Waals surface area contributed by atoms with Crippen LogP contribution < -0.4 is 0 Å². The molecule has 0 heterocycles. The Balaban J connectivity index is 3.83.